The molecule has 4 heteroatoms. The Balaban J connectivity index is 2.12. The van der Waals surface area contributed by atoms with Gasteiger partial charge in [-0.2, -0.15) is 0 Å². The van der Waals surface area contributed by atoms with Crippen LogP contribution in [0, 0.1) is 23.7 Å². The van der Waals surface area contributed by atoms with Crippen molar-refractivity contribution in [2.75, 3.05) is 0 Å². The van der Waals surface area contributed by atoms with Crippen molar-refractivity contribution in [1.82, 2.24) is 5.32 Å². The van der Waals surface area contributed by atoms with Crippen LogP contribution in [0.1, 0.15) is 33.1 Å². The highest BCUT2D eigenvalue weighted by Gasteiger charge is 2.53. The molecule has 2 aliphatic carbocycles. The molecule has 0 heterocycles. The van der Waals surface area contributed by atoms with Crippen LogP contribution in [0.2, 0.25) is 0 Å². The maximum atomic E-state index is 12.0. The number of carboxylic acids is 1. The van der Waals surface area contributed by atoms with E-state index in [1.54, 1.807) is 0 Å². The van der Waals surface area contributed by atoms with Gasteiger partial charge in [-0.1, -0.05) is 0 Å². The van der Waals surface area contributed by atoms with Crippen molar-refractivity contribution in [2.45, 2.75) is 39.2 Å². The van der Waals surface area contributed by atoms with E-state index in [0.29, 0.717) is 5.92 Å². The second kappa shape index (κ2) is 4.07. The highest BCUT2D eigenvalue weighted by atomic mass is 16.4. The number of carbonyl (C=O) groups excluding carboxylic acids is 1. The fourth-order valence-corrected chi connectivity index (χ4v) is 3.40. The van der Waals surface area contributed by atoms with Gasteiger partial charge in [0.05, 0.1) is 11.8 Å². The zero-order chi connectivity index (χ0) is 11.9. The average molecular weight is 225 g/mol. The molecule has 0 aromatic rings. The van der Waals surface area contributed by atoms with Gasteiger partial charge in [0.15, 0.2) is 0 Å². The molecular formula is C12H19NO3. The summed E-state index contributed by atoms with van der Waals surface area (Å²) < 4.78 is 0. The molecule has 0 saturated heterocycles. The topological polar surface area (TPSA) is 66.4 Å². The Kier molecular flexibility index (Phi) is 2.91. The van der Waals surface area contributed by atoms with Gasteiger partial charge in [-0.25, -0.2) is 0 Å². The molecule has 4 atom stereocenters. The Morgan fingerprint density at radius 1 is 1.19 bits per heavy atom. The first-order chi connectivity index (χ1) is 7.50. The number of nitrogens with one attached hydrogen (secondary N) is 1. The van der Waals surface area contributed by atoms with Crippen LogP contribution in [-0.4, -0.2) is 23.0 Å². The molecule has 2 aliphatic rings. The van der Waals surface area contributed by atoms with Gasteiger partial charge in [-0.15, -0.1) is 0 Å². The molecule has 2 bridgehead atoms. The molecule has 2 N–H and O–H groups in total. The number of aliphatic carboxylic acids is 1. The summed E-state index contributed by atoms with van der Waals surface area (Å²) in [4.78, 5) is 23.2. The number of hydrogen-bond donors (Lipinski definition) is 2. The van der Waals surface area contributed by atoms with Gasteiger partial charge < -0.3 is 10.4 Å². The summed E-state index contributed by atoms with van der Waals surface area (Å²) in [6.07, 6.45) is 2.92. The largest absolute Gasteiger partial charge is 0.481 e. The number of rotatable bonds is 3. The lowest BCUT2D eigenvalue weighted by Crippen LogP contribution is -2.43. The lowest BCUT2D eigenvalue weighted by molar-refractivity contribution is -0.149. The van der Waals surface area contributed by atoms with Crippen molar-refractivity contribution in [3.8, 4) is 0 Å². The summed E-state index contributed by atoms with van der Waals surface area (Å²) >= 11 is 0. The Morgan fingerprint density at radius 2 is 1.75 bits per heavy atom. The highest BCUT2D eigenvalue weighted by molar-refractivity contribution is 5.86. The third kappa shape index (κ3) is 1.81. The van der Waals surface area contributed by atoms with Gasteiger partial charge in [0.2, 0.25) is 5.91 Å². The smallest absolute Gasteiger partial charge is 0.307 e. The van der Waals surface area contributed by atoms with Gasteiger partial charge >= 0.3 is 5.97 Å². The third-order valence-corrected chi connectivity index (χ3v) is 3.94. The molecule has 2 rings (SSSR count). The first kappa shape index (κ1) is 11.4. The minimum atomic E-state index is -0.795. The molecular weight excluding hydrogens is 206 g/mol. The maximum Gasteiger partial charge on any atom is 0.307 e. The van der Waals surface area contributed by atoms with E-state index in [0.717, 1.165) is 19.3 Å². The summed E-state index contributed by atoms with van der Waals surface area (Å²) in [7, 11) is 0. The number of fused-ring (bicyclic) bond motifs is 2. The predicted molar refractivity (Wildman–Crippen MR) is 58.7 cm³/mol. The molecule has 2 saturated carbocycles. The van der Waals surface area contributed by atoms with Crippen LogP contribution in [0.25, 0.3) is 0 Å². The number of hydrogen-bond acceptors (Lipinski definition) is 2. The fraction of sp³-hybridized carbons (Fsp3) is 0.833. The molecule has 1 amide bonds. The molecule has 90 valence electrons. The van der Waals surface area contributed by atoms with E-state index in [1.165, 1.54) is 0 Å². The van der Waals surface area contributed by atoms with Crippen molar-refractivity contribution in [3.05, 3.63) is 0 Å². The summed E-state index contributed by atoms with van der Waals surface area (Å²) in [5.74, 6) is -1.07. The molecule has 4 nitrogen and oxygen atoms in total. The highest BCUT2D eigenvalue weighted by Crippen LogP contribution is 2.52. The lowest BCUT2D eigenvalue weighted by atomic mass is 9.78. The molecule has 0 radical (unpaired) electrons. The van der Waals surface area contributed by atoms with E-state index in [-0.39, 0.29) is 23.8 Å². The Hall–Kier alpha value is -1.06. The first-order valence-electron chi connectivity index (χ1n) is 6.04. The minimum absolute atomic E-state index is 0.0606. The normalized spacial score (nSPS) is 36.7. The molecule has 0 aromatic carbocycles. The summed E-state index contributed by atoms with van der Waals surface area (Å²) in [5, 5.41) is 12.1. The molecule has 0 aliphatic heterocycles. The van der Waals surface area contributed by atoms with Crippen LogP contribution >= 0.6 is 0 Å². The van der Waals surface area contributed by atoms with Gasteiger partial charge in [-0.3, -0.25) is 9.59 Å². The van der Waals surface area contributed by atoms with Crippen LogP contribution in [0.5, 0.6) is 0 Å². The Bertz CT molecular complexity index is 313. The van der Waals surface area contributed by atoms with Gasteiger partial charge in [-0.05, 0) is 44.9 Å². The molecule has 0 aromatic heterocycles. The van der Waals surface area contributed by atoms with E-state index in [2.05, 4.69) is 5.32 Å². The summed E-state index contributed by atoms with van der Waals surface area (Å²) in [6.45, 7) is 3.81. The van der Waals surface area contributed by atoms with Crippen LogP contribution in [0.4, 0.5) is 0 Å². The standard InChI is InChI=1S/C12H19NO3/c1-6(2)13-11(14)9-7-3-4-8(5-7)10(9)12(15)16/h6-10H,3-5H2,1-2H3,(H,13,14)(H,15,16)/t7-,8-,9-,10+/m0/s1. The van der Waals surface area contributed by atoms with E-state index >= 15 is 0 Å². The third-order valence-electron chi connectivity index (χ3n) is 3.94. The van der Waals surface area contributed by atoms with Crippen LogP contribution in [0.15, 0.2) is 0 Å². The predicted octanol–water partition coefficient (Wildman–Crippen LogP) is 1.26. The van der Waals surface area contributed by atoms with Crippen molar-refractivity contribution < 1.29 is 14.7 Å². The number of amides is 1. The lowest BCUT2D eigenvalue weighted by Gasteiger charge is -2.27. The second-order valence-corrected chi connectivity index (χ2v) is 5.39. The average Bonchev–Trinajstić information content (AvgIpc) is 2.74. The van der Waals surface area contributed by atoms with Crippen LogP contribution in [0.3, 0.4) is 0 Å². The fourth-order valence-electron chi connectivity index (χ4n) is 3.40. The SMILES string of the molecule is CC(C)NC(=O)[C@H]1[C@H]2CC[C@@H](C2)[C@H]1C(=O)O. The number of carbonyl (C=O) groups is 2. The van der Waals surface area contributed by atoms with Gasteiger partial charge in [0.1, 0.15) is 0 Å². The zero-order valence-electron chi connectivity index (χ0n) is 9.77. The van der Waals surface area contributed by atoms with Crippen molar-refractivity contribution in [3.63, 3.8) is 0 Å². The van der Waals surface area contributed by atoms with Crippen molar-refractivity contribution in [2.24, 2.45) is 23.7 Å². The molecule has 16 heavy (non-hydrogen) atoms. The van der Waals surface area contributed by atoms with Crippen molar-refractivity contribution >= 4 is 11.9 Å². The van der Waals surface area contributed by atoms with Crippen LogP contribution in [-0.2, 0) is 9.59 Å². The van der Waals surface area contributed by atoms with Crippen molar-refractivity contribution in [1.29, 1.82) is 0 Å². The summed E-state index contributed by atoms with van der Waals surface area (Å²) in [5.41, 5.74) is 0. The number of carboxylic acid groups (broad SMARTS) is 1. The van der Waals surface area contributed by atoms with E-state index in [4.69, 9.17) is 0 Å². The second-order valence-electron chi connectivity index (χ2n) is 5.39. The van der Waals surface area contributed by atoms with Gasteiger partial charge in [0.25, 0.3) is 0 Å². The molecule has 0 spiro atoms. The zero-order valence-corrected chi connectivity index (χ0v) is 9.77. The quantitative estimate of drug-likeness (QED) is 0.759. The minimum Gasteiger partial charge on any atom is -0.481 e. The Labute approximate surface area is 95.4 Å². The molecule has 2 fully saturated rings. The van der Waals surface area contributed by atoms with E-state index < -0.39 is 11.9 Å². The van der Waals surface area contributed by atoms with Gasteiger partial charge in [0, 0.05) is 6.04 Å². The maximum absolute atomic E-state index is 12.0. The summed E-state index contributed by atoms with van der Waals surface area (Å²) in [6, 6.07) is 0.0843. The van der Waals surface area contributed by atoms with Crippen LogP contribution < -0.4 is 5.32 Å². The van der Waals surface area contributed by atoms with E-state index in [9.17, 15) is 14.7 Å². The first-order valence-corrected chi connectivity index (χ1v) is 6.04. The Morgan fingerprint density at radius 3 is 2.25 bits per heavy atom. The molecule has 0 unspecified atom stereocenters. The van der Waals surface area contributed by atoms with E-state index in [1.807, 2.05) is 13.8 Å². The monoisotopic (exact) mass is 225 g/mol.